The lowest BCUT2D eigenvalue weighted by atomic mass is 9.98. The first kappa shape index (κ1) is 14.4. The summed E-state index contributed by atoms with van der Waals surface area (Å²) in [6.07, 6.45) is 0. The molecule has 0 aliphatic rings. The van der Waals surface area contributed by atoms with Crippen LogP contribution >= 0.6 is 0 Å². The zero-order chi connectivity index (χ0) is 13.8. The number of nitrogens with one attached hydrogen (secondary N) is 1. The Labute approximate surface area is 109 Å². The van der Waals surface area contributed by atoms with Crippen molar-refractivity contribution >= 4 is 11.5 Å². The maximum absolute atomic E-state index is 5.94. The molecule has 100 valence electrons. The molecule has 0 amide bonds. The van der Waals surface area contributed by atoms with Crippen LogP contribution in [-0.2, 0) is 0 Å². The van der Waals surface area contributed by atoms with Gasteiger partial charge in [-0.3, -0.25) is 4.99 Å². The minimum absolute atomic E-state index is 0.102. The molecule has 4 heteroatoms. The quantitative estimate of drug-likeness (QED) is 0.636. The Balaban J connectivity index is 3.11. The number of hydrogen-bond donors (Lipinski definition) is 2. The van der Waals surface area contributed by atoms with Gasteiger partial charge in [-0.25, -0.2) is 0 Å². The maximum Gasteiger partial charge on any atom is 0.132 e. The van der Waals surface area contributed by atoms with Gasteiger partial charge in [0.2, 0.25) is 0 Å². The number of rotatable bonds is 4. The van der Waals surface area contributed by atoms with Gasteiger partial charge in [0.15, 0.2) is 0 Å². The average molecular weight is 249 g/mol. The molecule has 0 heterocycles. The van der Waals surface area contributed by atoms with E-state index in [9.17, 15) is 0 Å². The van der Waals surface area contributed by atoms with Crippen molar-refractivity contribution in [3.05, 3.63) is 23.8 Å². The van der Waals surface area contributed by atoms with Gasteiger partial charge in [0, 0.05) is 19.8 Å². The molecule has 0 fully saturated rings. The average Bonchev–Trinajstić information content (AvgIpc) is 2.33. The molecule has 1 aromatic rings. The van der Waals surface area contributed by atoms with Crippen molar-refractivity contribution in [3.8, 4) is 5.75 Å². The van der Waals surface area contributed by atoms with E-state index in [-0.39, 0.29) is 5.41 Å². The van der Waals surface area contributed by atoms with Crippen LogP contribution in [0.25, 0.3) is 0 Å². The Morgan fingerprint density at radius 1 is 1.39 bits per heavy atom. The predicted molar refractivity (Wildman–Crippen MR) is 77.6 cm³/mol. The molecule has 0 saturated carbocycles. The molecular formula is C14H23N3O. The monoisotopic (exact) mass is 249 g/mol. The van der Waals surface area contributed by atoms with Crippen LogP contribution in [0.5, 0.6) is 5.75 Å². The second kappa shape index (κ2) is 5.76. The molecular weight excluding hydrogens is 226 g/mol. The zero-order valence-corrected chi connectivity index (χ0v) is 11.9. The van der Waals surface area contributed by atoms with Crippen molar-refractivity contribution in [2.24, 2.45) is 16.1 Å². The summed E-state index contributed by atoms with van der Waals surface area (Å²) in [6.45, 7) is 7.02. The molecule has 0 aliphatic heterocycles. The maximum atomic E-state index is 5.94. The highest BCUT2D eigenvalue weighted by molar-refractivity contribution is 6.04. The smallest absolute Gasteiger partial charge is 0.132 e. The normalized spacial score (nSPS) is 12.4. The molecule has 0 spiro atoms. The standard InChI is InChI=1S/C14H23N3O/c1-14(2,3)9-18-11-8-6-7-10(16-4)12(11)13(15)17-5/h6-8,16H,9H2,1-5H3,(H2,15,17). The molecule has 0 unspecified atom stereocenters. The summed E-state index contributed by atoms with van der Waals surface area (Å²) in [7, 11) is 3.53. The SMILES string of the molecule is CN=C(N)c1c(NC)cccc1OCC(C)(C)C. The van der Waals surface area contributed by atoms with Gasteiger partial charge in [-0.15, -0.1) is 0 Å². The van der Waals surface area contributed by atoms with Crippen LogP contribution in [0.2, 0.25) is 0 Å². The van der Waals surface area contributed by atoms with E-state index in [4.69, 9.17) is 10.5 Å². The van der Waals surface area contributed by atoms with Crippen LogP contribution in [0.1, 0.15) is 26.3 Å². The fourth-order valence-electron chi connectivity index (χ4n) is 1.53. The van der Waals surface area contributed by atoms with E-state index in [0.29, 0.717) is 12.4 Å². The fourth-order valence-corrected chi connectivity index (χ4v) is 1.53. The number of hydrogen-bond acceptors (Lipinski definition) is 3. The first-order valence-electron chi connectivity index (χ1n) is 6.05. The van der Waals surface area contributed by atoms with E-state index < -0.39 is 0 Å². The Bertz CT molecular complexity index is 433. The first-order chi connectivity index (χ1) is 8.39. The molecule has 18 heavy (non-hydrogen) atoms. The van der Waals surface area contributed by atoms with Crippen molar-refractivity contribution in [2.45, 2.75) is 20.8 Å². The Hall–Kier alpha value is -1.71. The van der Waals surface area contributed by atoms with Crippen molar-refractivity contribution in [1.29, 1.82) is 0 Å². The van der Waals surface area contributed by atoms with Gasteiger partial charge < -0.3 is 15.8 Å². The van der Waals surface area contributed by atoms with Gasteiger partial charge in [-0.1, -0.05) is 26.8 Å². The lowest BCUT2D eigenvalue weighted by molar-refractivity contribution is 0.197. The number of anilines is 1. The first-order valence-corrected chi connectivity index (χ1v) is 6.05. The molecule has 4 nitrogen and oxygen atoms in total. The molecule has 1 aromatic carbocycles. The van der Waals surface area contributed by atoms with Gasteiger partial charge in [0.25, 0.3) is 0 Å². The summed E-state index contributed by atoms with van der Waals surface area (Å²) >= 11 is 0. The topological polar surface area (TPSA) is 59.6 Å². The lowest BCUT2D eigenvalue weighted by Crippen LogP contribution is -2.21. The lowest BCUT2D eigenvalue weighted by Gasteiger charge is -2.21. The number of amidine groups is 1. The van der Waals surface area contributed by atoms with Crippen LogP contribution in [0, 0.1) is 5.41 Å². The molecule has 0 atom stereocenters. The summed E-state index contributed by atoms with van der Waals surface area (Å²) in [6, 6.07) is 5.81. The summed E-state index contributed by atoms with van der Waals surface area (Å²) < 4.78 is 5.87. The van der Waals surface area contributed by atoms with Crippen molar-refractivity contribution < 1.29 is 4.74 Å². The van der Waals surface area contributed by atoms with Crippen molar-refractivity contribution in [1.82, 2.24) is 0 Å². The van der Waals surface area contributed by atoms with E-state index in [1.807, 2.05) is 25.2 Å². The van der Waals surface area contributed by atoms with Gasteiger partial charge in [-0.05, 0) is 17.5 Å². The predicted octanol–water partition coefficient (Wildman–Crippen LogP) is 2.49. The highest BCUT2D eigenvalue weighted by atomic mass is 16.5. The summed E-state index contributed by atoms with van der Waals surface area (Å²) in [5.74, 6) is 1.24. The van der Waals surface area contributed by atoms with Gasteiger partial charge in [0.05, 0.1) is 12.2 Å². The minimum atomic E-state index is 0.102. The summed E-state index contributed by atoms with van der Waals surface area (Å²) in [5, 5.41) is 3.11. The fraction of sp³-hybridized carbons (Fsp3) is 0.500. The van der Waals surface area contributed by atoms with Gasteiger partial charge >= 0.3 is 0 Å². The summed E-state index contributed by atoms with van der Waals surface area (Å²) in [4.78, 5) is 4.05. The number of benzene rings is 1. The molecule has 0 radical (unpaired) electrons. The highest BCUT2D eigenvalue weighted by Crippen LogP contribution is 2.27. The molecule has 0 saturated heterocycles. The summed E-state index contributed by atoms with van der Waals surface area (Å²) in [5.41, 5.74) is 7.79. The molecule has 3 N–H and O–H groups in total. The molecule has 0 aromatic heterocycles. The number of nitrogens with zero attached hydrogens (tertiary/aromatic N) is 1. The third-order valence-electron chi connectivity index (χ3n) is 2.45. The Morgan fingerprint density at radius 2 is 2.06 bits per heavy atom. The molecule has 1 rings (SSSR count). The third kappa shape index (κ3) is 3.65. The van der Waals surface area contributed by atoms with Crippen LogP contribution in [-0.4, -0.2) is 26.5 Å². The van der Waals surface area contributed by atoms with E-state index >= 15 is 0 Å². The van der Waals surface area contributed by atoms with Crippen molar-refractivity contribution in [2.75, 3.05) is 26.0 Å². The zero-order valence-electron chi connectivity index (χ0n) is 11.9. The minimum Gasteiger partial charge on any atom is -0.492 e. The van der Waals surface area contributed by atoms with Crippen molar-refractivity contribution in [3.63, 3.8) is 0 Å². The van der Waals surface area contributed by atoms with Crippen LogP contribution in [0.15, 0.2) is 23.2 Å². The van der Waals surface area contributed by atoms with Gasteiger partial charge in [-0.2, -0.15) is 0 Å². The number of ether oxygens (including phenoxy) is 1. The van der Waals surface area contributed by atoms with E-state index in [1.165, 1.54) is 0 Å². The highest BCUT2D eigenvalue weighted by Gasteiger charge is 2.16. The van der Waals surface area contributed by atoms with Crippen LogP contribution in [0.4, 0.5) is 5.69 Å². The second-order valence-corrected chi connectivity index (χ2v) is 5.39. The van der Waals surface area contributed by atoms with Crippen LogP contribution in [0.3, 0.4) is 0 Å². The van der Waals surface area contributed by atoms with Crippen LogP contribution < -0.4 is 15.8 Å². The Morgan fingerprint density at radius 3 is 2.56 bits per heavy atom. The third-order valence-corrected chi connectivity index (χ3v) is 2.45. The van der Waals surface area contributed by atoms with Gasteiger partial charge in [0.1, 0.15) is 11.6 Å². The second-order valence-electron chi connectivity index (χ2n) is 5.39. The number of nitrogens with two attached hydrogens (primary N) is 1. The van der Waals surface area contributed by atoms with E-state index in [0.717, 1.165) is 17.0 Å². The largest absolute Gasteiger partial charge is 0.492 e. The Kier molecular flexibility index (Phi) is 4.59. The molecule has 0 aliphatic carbocycles. The van der Waals surface area contributed by atoms with E-state index in [2.05, 4.69) is 31.1 Å². The molecule has 0 bridgehead atoms. The number of aliphatic imine (C=N–C) groups is 1. The van der Waals surface area contributed by atoms with E-state index in [1.54, 1.807) is 7.05 Å².